The molecule has 0 aromatic heterocycles. The van der Waals surface area contributed by atoms with Crippen molar-refractivity contribution in [3.8, 4) is 12.3 Å². The summed E-state index contributed by atoms with van der Waals surface area (Å²) in [4.78, 5) is 35.5. The van der Waals surface area contributed by atoms with Gasteiger partial charge in [0.25, 0.3) is 0 Å². The van der Waals surface area contributed by atoms with Crippen LogP contribution in [0.1, 0.15) is 59.8 Å². The molecular formula is C24H32O8. The first-order valence-corrected chi connectivity index (χ1v) is 11.1. The van der Waals surface area contributed by atoms with Crippen molar-refractivity contribution >= 4 is 17.9 Å². The van der Waals surface area contributed by atoms with E-state index in [0.29, 0.717) is 6.42 Å². The normalized spacial score (nSPS) is 36.3. The van der Waals surface area contributed by atoms with Gasteiger partial charge in [0.1, 0.15) is 18.8 Å². The molecule has 0 amide bonds. The maximum absolute atomic E-state index is 12.1. The number of carbonyl (C=O) groups excluding carboxylic acids is 3. The maximum Gasteiger partial charge on any atom is 0.303 e. The number of hydrogen-bond acceptors (Lipinski definition) is 8. The number of esters is 3. The molecule has 0 N–H and O–H groups in total. The van der Waals surface area contributed by atoms with Gasteiger partial charge in [-0.25, -0.2) is 0 Å². The van der Waals surface area contributed by atoms with E-state index in [1.54, 1.807) is 0 Å². The van der Waals surface area contributed by atoms with Crippen molar-refractivity contribution in [2.24, 2.45) is 11.3 Å². The molecule has 0 bridgehead atoms. The average molecular weight is 449 g/mol. The molecule has 3 aliphatic rings. The smallest absolute Gasteiger partial charge is 0.303 e. The van der Waals surface area contributed by atoms with E-state index in [-0.39, 0.29) is 12.7 Å². The summed E-state index contributed by atoms with van der Waals surface area (Å²) in [5, 5.41) is 0. The first kappa shape index (κ1) is 24.3. The van der Waals surface area contributed by atoms with Gasteiger partial charge in [-0.2, -0.15) is 0 Å². The van der Waals surface area contributed by atoms with Gasteiger partial charge in [-0.15, -0.1) is 12.3 Å². The Bertz CT molecular complexity index is 811. The minimum absolute atomic E-state index is 0.170. The summed E-state index contributed by atoms with van der Waals surface area (Å²) in [6.07, 6.45) is 8.41. The Kier molecular flexibility index (Phi) is 7.63. The van der Waals surface area contributed by atoms with Gasteiger partial charge in [0.2, 0.25) is 0 Å². The lowest BCUT2D eigenvalue weighted by Crippen LogP contribution is -2.60. The molecule has 8 nitrogen and oxygen atoms in total. The van der Waals surface area contributed by atoms with Gasteiger partial charge in [0, 0.05) is 32.6 Å². The average Bonchev–Trinajstić information content (AvgIpc) is 3.01. The van der Waals surface area contributed by atoms with E-state index < -0.39 is 53.8 Å². The van der Waals surface area contributed by atoms with Gasteiger partial charge in [0.05, 0.1) is 12.0 Å². The van der Waals surface area contributed by atoms with Gasteiger partial charge in [-0.1, -0.05) is 18.6 Å². The van der Waals surface area contributed by atoms with Crippen molar-refractivity contribution in [3.63, 3.8) is 0 Å². The van der Waals surface area contributed by atoms with Crippen molar-refractivity contribution < 1.29 is 38.1 Å². The SMILES string of the molecule is C#CC[C@H]1O[C@H]2O[C@H](COC(C)=O)[C@@H](OC(C)=O)[C@H](OC(C)=O)[C@H]2[C@]1(C)C1=CCCCC1. The van der Waals surface area contributed by atoms with Crippen LogP contribution in [0.5, 0.6) is 0 Å². The lowest BCUT2D eigenvalue weighted by Gasteiger charge is -2.47. The summed E-state index contributed by atoms with van der Waals surface area (Å²) in [6, 6.07) is 0. The summed E-state index contributed by atoms with van der Waals surface area (Å²) in [6.45, 7) is 5.75. The highest BCUT2D eigenvalue weighted by molar-refractivity contribution is 5.68. The summed E-state index contributed by atoms with van der Waals surface area (Å²) in [5.41, 5.74) is 0.611. The highest BCUT2D eigenvalue weighted by atomic mass is 16.7. The van der Waals surface area contributed by atoms with Crippen LogP contribution >= 0.6 is 0 Å². The molecule has 2 aliphatic heterocycles. The molecule has 0 spiro atoms. The van der Waals surface area contributed by atoms with E-state index in [9.17, 15) is 14.4 Å². The first-order chi connectivity index (χ1) is 15.2. The molecule has 0 saturated carbocycles. The van der Waals surface area contributed by atoms with Crippen molar-refractivity contribution in [2.75, 3.05) is 6.61 Å². The van der Waals surface area contributed by atoms with Crippen LogP contribution in [0.4, 0.5) is 0 Å². The molecule has 8 heteroatoms. The number of terminal acetylenes is 1. The van der Waals surface area contributed by atoms with Crippen molar-refractivity contribution in [3.05, 3.63) is 11.6 Å². The Balaban J connectivity index is 2.06. The largest absolute Gasteiger partial charge is 0.463 e. The molecule has 32 heavy (non-hydrogen) atoms. The zero-order chi connectivity index (χ0) is 23.5. The van der Waals surface area contributed by atoms with Crippen molar-refractivity contribution in [2.45, 2.75) is 90.5 Å². The maximum atomic E-state index is 12.1. The zero-order valence-electron chi connectivity index (χ0n) is 19.1. The minimum atomic E-state index is -0.964. The molecule has 1 aliphatic carbocycles. The first-order valence-electron chi connectivity index (χ1n) is 11.1. The van der Waals surface area contributed by atoms with E-state index in [0.717, 1.165) is 25.7 Å². The van der Waals surface area contributed by atoms with E-state index in [2.05, 4.69) is 18.9 Å². The van der Waals surface area contributed by atoms with E-state index in [1.165, 1.54) is 26.3 Å². The van der Waals surface area contributed by atoms with Crippen LogP contribution in [0, 0.1) is 23.7 Å². The summed E-state index contributed by atoms with van der Waals surface area (Å²) >= 11 is 0. The fourth-order valence-corrected chi connectivity index (χ4v) is 5.28. The fraction of sp³-hybridized carbons (Fsp3) is 0.708. The Morgan fingerprint density at radius 1 is 1.09 bits per heavy atom. The summed E-state index contributed by atoms with van der Waals surface area (Å²) < 4.78 is 29.0. The Morgan fingerprint density at radius 3 is 2.34 bits per heavy atom. The third-order valence-electron chi connectivity index (χ3n) is 6.65. The molecule has 176 valence electrons. The van der Waals surface area contributed by atoms with Gasteiger partial charge in [-0.05, 0) is 25.7 Å². The van der Waals surface area contributed by atoms with E-state index >= 15 is 0 Å². The Morgan fingerprint density at radius 2 is 1.78 bits per heavy atom. The topological polar surface area (TPSA) is 97.4 Å². The Labute approximate surface area is 188 Å². The second-order valence-electron chi connectivity index (χ2n) is 8.81. The molecule has 0 radical (unpaired) electrons. The monoisotopic (exact) mass is 448 g/mol. The number of ether oxygens (including phenoxy) is 5. The van der Waals surface area contributed by atoms with E-state index in [4.69, 9.17) is 30.1 Å². The number of rotatable bonds is 6. The lowest BCUT2D eigenvalue weighted by atomic mass is 9.62. The van der Waals surface area contributed by atoms with Gasteiger partial charge >= 0.3 is 17.9 Å². The van der Waals surface area contributed by atoms with Crippen molar-refractivity contribution in [1.29, 1.82) is 0 Å². The number of allylic oxidation sites excluding steroid dienone is 1. The predicted octanol–water partition coefficient (Wildman–Crippen LogP) is 2.68. The molecule has 7 atom stereocenters. The van der Waals surface area contributed by atoms with Crippen LogP contribution in [-0.4, -0.2) is 55.2 Å². The third-order valence-corrected chi connectivity index (χ3v) is 6.65. The second-order valence-corrected chi connectivity index (χ2v) is 8.81. The van der Waals surface area contributed by atoms with Crippen LogP contribution < -0.4 is 0 Å². The third kappa shape index (κ3) is 4.84. The molecule has 0 aromatic carbocycles. The van der Waals surface area contributed by atoms with Gasteiger partial charge in [0.15, 0.2) is 12.4 Å². The fourth-order valence-electron chi connectivity index (χ4n) is 5.28. The quantitative estimate of drug-likeness (QED) is 0.265. The van der Waals surface area contributed by atoms with Crippen LogP contribution in [0.15, 0.2) is 11.6 Å². The van der Waals surface area contributed by atoms with Gasteiger partial charge < -0.3 is 23.7 Å². The molecule has 3 rings (SSSR count). The highest BCUT2D eigenvalue weighted by Gasteiger charge is 2.64. The summed E-state index contributed by atoms with van der Waals surface area (Å²) in [7, 11) is 0. The van der Waals surface area contributed by atoms with E-state index in [1.807, 2.05) is 0 Å². The predicted molar refractivity (Wildman–Crippen MR) is 113 cm³/mol. The van der Waals surface area contributed by atoms with Crippen molar-refractivity contribution in [1.82, 2.24) is 0 Å². The zero-order valence-corrected chi connectivity index (χ0v) is 19.1. The second kappa shape index (κ2) is 10.1. The van der Waals surface area contributed by atoms with Gasteiger partial charge in [-0.3, -0.25) is 14.4 Å². The molecule has 2 fully saturated rings. The highest BCUT2D eigenvalue weighted by Crippen LogP contribution is 2.56. The van der Waals surface area contributed by atoms with Crippen LogP contribution in [-0.2, 0) is 38.1 Å². The molecule has 2 saturated heterocycles. The van der Waals surface area contributed by atoms with Crippen LogP contribution in [0.3, 0.4) is 0 Å². The summed E-state index contributed by atoms with van der Waals surface area (Å²) in [5.74, 6) is 0.668. The lowest BCUT2D eigenvalue weighted by molar-refractivity contribution is -0.275. The molecular weight excluding hydrogens is 416 g/mol. The number of carbonyl (C=O) groups is 3. The number of hydrogen-bond donors (Lipinski definition) is 0. The molecule has 0 unspecified atom stereocenters. The molecule has 2 heterocycles. The van der Waals surface area contributed by atoms with Crippen LogP contribution in [0.25, 0.3) is 0 Å². The standard InChI is InChI=1S/C24H32O8/c1-6-10-19-24(5,17-11-8-7-9-12-17)20-22(30-16(4)27)21(29-15(3)26)18(13-28-14(2)25)31-23(20)32-19/h1,11,18-23H,7-10,12-13H2,2-5H3/t18-,19-,20-,21-,22-,23-,24-/m1/s1. The van der Waals surface area contributed by atoms with Crippen LogP contribution in [0.2, 0.25) is 0 Å². The molecule has 0 aromatic rings. The minimum Gasteiger partial charge on any atom is -0.463 e. The Hall–Kier alpha value is -2.37. The number of fused-ring (bicyclic) bond motifs is 1.